The predicted molar refractivity (Wildman–Crippen MR) is 165 cm³/mol. The number of carbonyl (C=O) groups is 4. The van der Waals surface area contributed by atoms with E-state index in [1.807, 2.05) is 54.6 Å². The summed E-state index contributed by atoms with van der Waals surface area (Å²) in [5.41, 5.74) is 2.49. The number of ether oxygens (including phenoxy) is 3. The molecule has 0 saturated carbocycles. The number of piperidine rings is 1. The first kappa shape index (κ1) is 32.3. The molecule has 9 heteroatoms. The van der Waals surface area contributed by atoms with Crippen molar-refractivity contribution in [1.29, 1.82) is 0 Å². The van der Waals surface area contributed by atoms with E-state index in [0.29, 0.717) is 56.0 Å². The molecule has 4 rings (SSSR count). The number of hydrogen-bond donors (Lipinski definition) is 1. The van der Waals surface area contributed by atoms with Crippen molar-refractivity contribution in [1.82, 2.24) is 10.2 Å². The minimum Gasteiger partial charge on any atom is -0.497 e. The van der Waals surface area contributed by atoms with E-state index in [1.165, 1.54) is 7.11 Å². The van der Waals surface area contributed by atoms with Crippen LogP contribution in [0.4, 0.5) is 0 Å². The van der Waals surface area contributed by atoms with Crippen LogP contribution >= 0.6 is 0 Å². The summed E-state index contributed by atoms with van der Waals surface area (Å²) >= 11 is 0. The van der Waals surface area contributed by atoms with Gasteiger partial charge in [-0.05, 0) is 66.3 Å². The summed E-state index contributed by atoms with van der Waals surface area (Å²) in [5, 5.41) is 2.84. The van der Waals surface area contributed by atoms with Crippen molar-refractivity contribution >= 4 is 23.6 Å². The average Bonchev–Trinajstić information content (AvgIpc) is 3.06. The number of rotatable bonds is 14. The molecular weight excluding hydrogens is 560 g/mol. The quantitative estimate of drug-likeness (QED) is 0.210. The molecule has 0 spiro atoms. The van der Waals surface area contributed by atoms with E-state index in [9.17, 15) is 19.2 Å². The third kappa shape index (κ3) is 9.69. The highest BCUT2D eigenvalue weighted by Crippen LogP contribution is 2.22. The molecule has 1 saturated heterocycles. The minimum absolute atomic E-state index is 0.0583. The zero-order valence-corrected chi connectivity index (χ0v) is 25.3. The molecule has 232 valence electrons. The number of likely N-dealkylation sites (tertiary alicyclic amines) is 1. The van der Waals surface area contributed by atoms with Gasteiger partial charge in [-0.25, -0.2) is 4.79 Å². The number of methoxy groups -OCH3 is 2. The fourth-order valence-electron chi connectivity index (χ4n) is 5.24. The summed E-state index contributed by atoms with van der Waals surface area (Å²) in [6.45, 7) is 1.53. The lowest BCUT2D eigenvalue weighted by molar-refractivity contribution is -0.145. The summed E-state index contributed by atoms with van der Waals surface area (Å²) < 4.78 is 15.9. The Morgan fingerprint density at radius 2 is 1.48 bits per heavy atom. The normalized spacial score (nSPS) is 13.9. The minimum atomic E-state index is -0.812. The lowest BCUT2D eigenvalue weighted by Gasteiger charge is -2.32. The molecule has 3 aromatic carbocycles. The van der Waals surface area contributed by atoms with Gasteiger partial charge >= 0.3 is 5.97 Å². The maximum absolute atomic E-state index is 12.9. The summed E-state index contributed by atoms with van der Waals surface area (Å²) in [6.07, 6.45) is 2.21. The van der Waals surface area contributed by atoms with Crippen molar-refractivity contribution in [3.8, 4) is 11.5 Å². The van der Waals surface area contributed by atoms with Crippen LogP contribution in [0.2, 0.25) is 0 Å². The Morgan fingerprint density at radius 1 is 0.818 bits per heavy atom. The van der Waals surface area contributed by atoms with Crippen LogP contribution in [0, 0.1) is 5.92 Å². The Balaban J connectivity index is 1.19. The van der Waals surface area contributed by atoms with E-state index in [2.05, 4.69) is 5.32 Å². The average molecular weight is 601 g/mol. The number of Topliss-reactive ketones (excluding diaryl/α,β-unsaturated/α-hetero) is 1. The van der Waals surface area contributed by atoms with Crippen molar-refractivity contribution < 1.29 is 33.4 Å². The van der Waals surface area contributed by atoms with Crippen molar-refractivity contribution in [2.75, 3.05) is 27.3 Å². The van der Waals surface area contributed by atoms with Crippen LogP contribution in [-0.4, -0.2) is 61.8 Å². The second kappa shape index (κ2) is 16.3. The van der Waals surface area contributed by atoms with Gasteiger partial charge in [0.05, 0.1) is 14.2 Å². The number of ketones is 1. The molecule has 2 amide bonds. The third-order valence-electron chi connectivity index (χ3n) is 7.85. The zero-order valence-electron chi connectivity index (χ0n) is 25.3. The van der Waals surface area contributed by atoms with Gasteiger partial charge in [-0.2, -0.15) is 0 Å². The molecule has 1 N–H and O–H groups in total. The van der Waals surface area contributed by atoms with E-state index in [-0.39, 0.29) is 42.8 Å². The monoisotopic (exact) mass is 600 g/mol. The van der Waals surface area contributed by atoms with E-state index in [1.54, 1.807) is 36.3 Å². The van der Waals surface area contributed by atoms with Crippen LogP contribution in [0.5, 0.6) is 11.5 Å². The van der Waals surface area contributed by atoms with Crippen molar-refractivity contribution in [3.63, 3.8) is 0 Å². The summed E-state index contributed by atoms with van der Waals surface area (Å²) in [5.74, 6) is 0.609. The number of amides is 2. The smallest absolute Gasteiger partial charge is 0.328 e. The molecule has 3 aromatic rings. The topological polar surface area (TPSA) is 111 Å². The van der Waals surface area contributed by atoms with Crippen LogP contribution in [0.1, 0.15) is 53.6 Å². The Bertz CT molecular complexity index is 1380. The highest BCUT2D eigenvalue weighted by molar-refractivity contribution is 5.98. The number of benzene rings is 3. The molecule has 1 aliphatic heterocycles. The number of hydrogen-bond acceptors (Lipinski definition) is 7. The standard InChI is InChI=1S/C35H40N2O7/c1-42-29-14-10-28(11-15-29)32(38)16-17-34(40)37-20-18-26(19-21-37)23-33(39)36-31(35(41)43-2)22-25-8-12-30(13-9-25)44-24-27-6-4-3-5-7-27/h3-15,26,31H,16-24H2,1-2H3,(H,36,39)/t31-/m0/s1. The number of esters is 1. The fourth-order valence-corrected chi connectivity index (χ4v) is 5.24. The Hall–Kier alpha value is -4.66. The largest absolute Gasteiger partial charge is 0.497 e. The summed E-state index contributed by atoms with van der Waals surface area (Å²) in [6, 6.07) is 23.4. The van der Waals surface area contributed by atoms with Crippen LogP contribution in [0.3, 0.4) is 0 Å². The van der Waals surface area contributed by atoms with Gasteiger partial charge in [0.2, 0.25) is 11.8 Å². The molecule has 1 fully saturated rings. The molecule has 0 aromatic heterocycles. The van der Waals surface area contributed by atoms with Gasteiger partial charge in [-0.1, -0.05) is 42.5 Å². The van der Waals surface area contributed by atoms with E-state index in [0.717, 1.165) is 11.1 Å². The van der Waals surface area contributed by atoms with Crippen LogP contribution in [0.15, 0.2) is 78.9 Å². The van der Waals surface area contributed by atoms with Gasteiger partial charge in [0.15, 0.2) is 5.78 Å². The molecule has 0 bridgehead atoms. The lowest BCUT2D eigenvalue weighted by Crippen LogP contribution is -2.44. The van der Waals surface area contributed by atoms with Gasteiger partial charge in [0.25, 0.3) is 0 Å². The first-order chi connectivity index (χ1) is 21.3. The predicted octanol–water partition coefficient (Wildman–Crippen LogP) is 4.77. The van der Waals surface area contributed by atoms with Crippen LogP contribution in [0.25, 0.3) is 0 Å². The Morgan fingerprint density at radius 3 is 2.11 bits per heavy atom. The molecule has 0 radical (unpaired) electrons. The van der Waals surface area contributed by atoms with Crippen molar-refractivity contribution in [2.45, 2.75) is 51.2 Å². The van der Waals surface area contributed by atoms with Crippen molar-refractivity contribution in [2.24, 2.45) is 5.92 Å². The van der Waals surface area contributed by atoms with Crippen LogP contribution < -0.4 is 14.8 Å². The van der Waals surface area contributed by atoms with Gasteiger partial charge in [0.1, 0.15) is 24.1 Å². The second-order valence-corrected chi connectivity index (χ2v) is 10.9. The van der Waals surface area contributed by atoms with E-state index >= 15 is 0 Å². The van der Waals surface area contributed by atoms with Gasteiger partial charge in [0, 0.05) is 44.3 Å². The molecule has 44 heavy (non-hydrogen) atoms. The number of nitrogens with one attached hydrogen (secondary N) is 1. The third-order valence-corrected chi connectivity index (χ3v) is 7.85. The molecule has 0 aliphatic carbocycles. The SMILES string of the molecule is COC(=O)[C@H](Cc1ccc(OCc2ccccc2)cc1)NC(=O)CC1CCN(C(=O)CCC(=O)c2ccc(OC)cc2)CC1. The zero-order chi connectivity index (χ0) is 31.3. The van der Waals surface area contributed by atoms with Gasteiger partial charge in [-0.3, -0.25) is 14.4 Å². The van der Waals surface area contributed by atoms with Gasteiger partial charge in [-0.15, -0.1) is 0 Å². The molecule has 1 heterocycles. The first-order valence-electron chi connectivity index (χ1n) is 14.9. The second-order valence-electron chi connectivity index (χ2n) is 10.9. The lowest BCUT2D eigenvalue weighted by atomic mass is 9.92. The maximum Gasteiger partial charge on any atom is 0.328 e. The maximum atomic E-state index is 12.9. The Labute approximate surface area is 258 Å². The number of nitrogens with zero attached hydrogens (tertiary/aromatic N) is 1. The molecular formula is C35H40N2O7. The molecule has 0 unspecified atom stereocenters. The molecule has 1 atom stereocenters. The van der Waals surface area contributed by atoms with Crippen LogP contribution in [-0.2, 0) is 32.1 Å². The Kier molecular flexibility index (Phi) is 11.9. The van der Waals surface area contributed by atoms with E-state index in [4.69, 9.17) is 14.2 Å². The molecule has 1 aliphatic rings. The van der Waals surface area contributed by atoms with Crippen molar-refractivity contribution in [3.05, 3.63) is 95.6 Å². The fraction of sp³-hybridized carbons (Fsp3) is 0.371. The highest BCUT2D eigenvalue weighted by atomic mass is 16.5. The summed E-state index contributed by atoms with van der Waals surface area (Å²) in [7, 11) is 2.87. The first-order valence-corrected chi connectivity index (χ1v) is 14.9. The molecule has 9 nitrogen and oxygen atoms in total. The summed E-state index contributed by atoms with van der Waals surface area (Å²) in [4.78, 5) is 52.4. The van der Waals surface area contributed by atoms with Gasteiger partial charge < -0.3 is 24.4 Å². The van der Waals surface area contributed by atoms with E-state index < -0.39 is 12.0 Å². The number of carbonyl (C=O) groups excluding carboxylic acids is 4. The highest BCUT2D eigenvalue weighted by Gasteiger charge is 2.27.